The van der Waals surface area contributed by atoms with Gasteiger partial charge in [-0.1, -0.05) is 76.8 Å². The van der Waals surface area contributed by atoms with Gasteiger partial charge in [-0.2, -0.15) is 0 Å². The molecule has 2 fully saturated rings. The minimum absolute atomic E-state index is 1.07. The third kappa shape index (κ3) is 4.76. The lowest BCUT2D eigenvalue weighted by Gasteiger charge is -2.46. The summed E-state index contributed by atoms with van der Waals surface area (Å²) in [6, 6.07) is 2.56. The molecule has 0 aromatic heterocycles. The highest BCUT2D eigenvalue weighted by molar-refractivity contribution is 7.45. The van der Waals surface area contributed by atoms with Crippen LogP contribution in [0.1, 0.15) is 64.2 Å². The molecule has 0 amide bonds. The van der Waals surface area contributed by atoms with E-state index in [0.29, 0.717) is 0 Å². The zero-order valence-electron chi connectivity index (χ0n) is 13.4. The summed E-state index contributed by atoms with van der Waals surface area (Å²) in [5.41, 5.74) is 2.15. The quantitative estimate of drug-likeness (QED) is 0.360. The maximum absolute atomic E-state index is 6.44. The Morgan fingerprint density at radius 3 is 1.45 bits per heavy atom. The average Bonchev–Trinajstić information content (AvgIpc) is 2.46. The Bertz CT molecular complexity index is 271. The topological polar surface area (TPSA) is 0 Å². The predicted octanol–water partition coefficient (Wildman–Crippen LogP) is 7.28. The molecule has 2 saturated carbocycles. The molecule has 0 aliphatic heterocycles. The smallest absolute Gasteiger partial charge is 0.146 e. The van der Waals surface area contributed by atoms with Gasteiger partial charge >= 0.3 is 0 Å². The molecule has 0 radical (unpaired) electrons. The Morgan fingerprint density at radius 2 is 1.10 bits per heavy atom. The van der Waals surface area contributed by atoms with Crippen molar-refractivity contribution in [1.29, 1.82) is 0 Å². The summed E-state index contributed by atoms with van der Waals surface area (Å²) in [6.07, 6.45) is 14.9. The van der Waals surface area contributed by atoms with Crippen LogP contribution in [-0.4, -0.2) is 14.8 Å². The minimum Gasteiger partial charge on any atom is -0.146 e. The Balaban J connectivity index is 2.07. The van der Waals surface area contributed by atoms with E-state index >= 15 is 0 Å². The first-order chi connectivity index (χ1) is 9.42. The molecule has 2 aliphatic carbocycles. The molecule has 0 N–H and O–H groups in total. The van der Waals surface area contributed by atoms with E-state index in [1.54, 1.807) is 0 Å². The largest absolute Gasteiger partial charge is 0.248 e. The van der Waals surface area contributed by atoms with Gasteiger partial charge in [-0.05, 0) is 23.7 Å². The SMILES string of the molecule is C[Si](Cl)(Cl)CC[Si](C)(C1CCCCC1)C1CCCCC1. The van der Waals surface area contributed by atoms with Gasteiger partial charge in [0.1, 0.15) is 0 Å². The third-order valence-corrected chi connectivity index (χ3v) is 15.2. The lowest BCUT2D eigenvalue weighted by molar-refractivity contribution is 0.451. The van der Waals surface area contributed by atoms with Crippen LogP contribution in [0.2, 0.25) is 36.3 Å². The van der Waals surface area contributed by atoms with E-state index in [1.807, 2.05) is 0 Å². The number of rotatable bonds is 5. The van der Waals surface area contributed by atoms with E-state index in [4.69, 9.17) is 22.2 Å². The van der Waals surface area contributed by atoms with Crippen LogP contribution in [-0.2, 0) is 0 Å². The van der Waals surface area contributed by atoms with Gasteiger partial charge in [0, 0.05) is 0 Å². The Morgan fingerprint density at radius 1 is 0.700 bits per heavy atom. The molecule has 0 saturated heterocycles. The van der Waals surface area contributed by atoms with Crippen LogP contribution < -0.4 is 0 Å². The normalized spacial score (nSPS) is 24.0. The predicted molar refractivity (Wildman–Crippen MR) is 98.2 cm³/mol. The Hall–Kier alpha value is 1.01. The van der Waals surface area contributed by atoms with Crippen LogP contribution in [0.3, 0.4) is 0 Å². The summed E-state index contributed by atoms with van der Waals surface area (Å²) in [5, 5.41) is 0. The summed E-state index contributed by atoms with van der Waals surface area (Å²) in [6.45, 7) is 2.93. The molecule has 20 heavy (non-hydrogen) atoms. The summed E-state index contributed by atoms with van der Waals surface area (Å²) in [4.78, 5) is 0. The van der Waals surface area contributed by atoms with Gasteiger partial charge < -0.3 is 0 Å². The number of hydrogen-bond donors (Lipinski definition) is 0. The van der Waals surface area contributed by atoms with E-state index < -0.39 is 14.8 Å². The zero-order valence-corrected chi connectivity index (χ0v) is 16.9. The molecular weight excluding hydrogens is 319 g/mol. The molecule has 0 aromatic carbocycles. The lowest BCUT2D eigenvalue weighted by Crippen LogP contribution is -2.44. The second-order valence-electron chi connectivity index (χ2n) is 7.75. The Labute approximate surface area is 137 Å². The van der Waals surface area contributed by atoms with Crippen LogP contribution in [0.5, 0.6) is 0 Å². The van der Waals surface area contributed by atoms with Crippen LogP contribution >= 0.6 is 22.2 Å². The van der Waals surface area contributed by atoms with Crippen molar-refractivity contribution in [2.24, 2.45) is 0 Å². The molecule has 0 unspecified atom stereocenters. The average molecular weight is 352 g/mol. The maximum Gasteiger partial charge on any atom is 0.248 e. The van der Waals surface area contributed by atoms with Crippen molar-refractivity contribution >= 4 is 36.9 Å². The first-order valence-electron chi connectivity index (χ1n) is 8.80. The van der Waals surface area contributed by atoms with Gasteiger partial charge in [0.15, 0.2) is 0 Å². The summed E-state index contributed by atoms with van der Waals surface area (Å²) < 4.78 is 0. The minimum atomic E-state index is -1.91. The highest BCUT2D eigenvalue weighted by Crippen LogP contribution is 2.51. The fraction of sp³-hybridized carbons (Fsp3) is 1.00. The van der Waals surface area contributed by atoms with E-state index in [0.717, 1.165) is 17.1 Å². The molecule has 0 bridgehead atoms. The maximum atomic E-state index is 6.44. The molecule has 0 heterocycles. The monoisotopic (exact) mass is 350 g/mol. The zero-order chi connectivity index (χ0) is 14.6. The molecule has 0 nitrogen and oxygen atoms in total. The second kappa shape index (κ2) is 7.52. The highest BCUT2D eigenvalue weighted by atomic mass is 35.7. The van der Waals surface area contributed by atoms with Gasteiger partial charge in [-0.3, -0.25) is 0 Å². The molecule has 118 valence electrons. The summed E-state index contributed by atoms with van der Waals surface area (Å²) in [5.74, 6) is 0. The van der Waals surface area contributed by atoms with Crippen molar-refractivity contribution in [3.05, 3.63) is 0 Å². The van der Waals surface area contributed by atoms with Crippen molar-refractivity contribution in [2.75, 3.05) is 0 Å². The molecule has 2 rings (SSSR count). The number of halogens is 2. The van der Waals surface area contributed by atoms with E-state index in [9.17, 15) is 0 Å². The fourth-order valence-corrected chi connectivity index (χ4v) is 15.3. The van der Waals surface area contributed by atoms with Crippen molar-refractivity contribution in [3.63, 3.8) is 0 Å². The standard InChI is InChI=1S/C16H32Cl2Si2/c1-19(13-14-20(2,17)18,15-9-5-3-6-10-15)16-11-7-4-8-12-16/h15-16H,3-14H2,1-2H3. The molecule has 4 heteroatoms. The third-order valence-electron chi connectivity index (χ3n) is 6.18. The first-order valence-corrected chi connectivity index (χ1v) is 16.4. The van der Waals surface area contributed by atoms with Gasteiger partial charge in [0.25, 0.3) is 0 Å². The molecule has 2 aliphatic rings. The molecule has 0 aromatic rings. The second-order valence-corrected chi connectivity index (χ2v) is 21.1. The lowest BCUT2D eigenvalue weighted by atomic mass is 9.99. The van der Waals surface area contributed by atoms with E-state index in [2.05, 4.69) is 13.1 Å². The summed E-state index contributed by atoms with van der Waals surface area (Å²) in [7, 11) is -1.19. The van der Waals surface area contributed by atoms with E-state index in [1.165, 1.54) is 70.3 Å². The Kier molecular flexibility index (Phi) is 6.53. The van der Waals surface area contributed by atoms with Crippen LogP contribution in [0.15, 0.2) is 0 Å². The van der Waals surface area contributed by atoms with Crippen molar-refractivity contribution in [3.8, 4) is 0 Å². The van der Waals surface area contributed by atoms with Gasteiger partial charge in [0.05, 0.1) is 8.07 Å². The van der Waals surface area contributed by atoms with Crippen LogP contribution in [0.4, 0.5) is 0 Å². The highest BCUT2D eigenvalue weighted by Gasteiger charge is 2.44. The van der Waals surface area contributed by atoms with Crippen molar-refractivity contribution < 1.29 is 0 Å². The number of hydrogen-bond acceptors (Lipinski definition) is 0. The first kappa shape index (κ1) is 17.4. The molecular formula is C16H32Cl2Si2. The molecule has 0 atom stereocenters. The molecule has 0 spiro atoms. The van der Waals surface area contributed by atoms with Gasteiger partial charge in [-0.25, -0.2) is 0 Å². The fourth-order valence-electron chi connectivity index (χ4n) is 4.75. The van der Waals surface area contributed by atoms with Gasteiger partial charge in [0.2, 0.25) is 6.69 Å². The van der Waals surface area contributed by atoms with Crippen molar-refractivity contribution in [2.45, 2.75) is 100 Å². The van der Waals surface area contributed by atoms with Gasteiger partial charge in [-0.15, -0.1) is 22.2 Å². The van der Waals surface area contributed by atoms with Crippen molar-refractivity contribution in [1.82, 2.24) is 0 Å². The van der Waals surface area contributed by atoms with Crippen LogP contribution in [0, 0.1) is 0 Å². The van der Waals surface area contributed by atoms with Crippen LogP contribution in [0.25, 0.3) is 0 Å². The summed E-state index contributed by atoms with van der Waals surface area (Å²) >= 11 is 12.9. The van der Waals surface area contributed by atoms with E-state index in [-0.39, 0.29) is 0 Å².